The van der Waals surface area contributed by atoms with Crippen LogP contribution in [0.4, 0.5) is 0 Å². The quantitative estimate of drug-likeness (QED) is 0.523. The van der Waals surface area contributed by atoms with Gasteiger partial charge in [-0.1, -0.05) is 12.8 Å². The van der Waals surface area contributed by atoms with Crippen LogP contribution in [0.1, 0.15) is 20.3 Å². The summed E-state index contributed by atoms with van der Waals surface area (Å²) in [6.07, 6.45) is 5.66. The fourth-order valence-electron chi connectivity index (χ4n) is 0.296. The van der Waals surface area contributed by atoms with Crippen LogP contribution in [0.15, 0.2) is 0 Å². The molecule has 0 amide bonds. The number of terminal acetylenes is 1. The summed E-state index contributed by atoms with van der Waals surface area (Å²) in [5, 5.41) is 0. The van der Waals surface area contributed by atoms with Gasteiger partial charge in [0.25, 0.3) is 0 Å². The standard InChI is InChI=1S/C7H9O2/c1-4-7(3,5-2)9-6-8/h1H,5H2,2-3H3. The fraction of sp³-hybridized carbons (Fsp3) is 0.571. The van der Waals surface area contributed by atoms with Gasteiger partial charge in [-0.2, -0.15) is 0 Å². The van der Waals surface area contributed by atoms with Crippen molar-refractivity contribution in [3.63, 3.8) is 0 Å². The monoisotopic (exact) mass is 125 g/mol. The summed E-state index contributed by atoms with van der Waals surface area (Å²) in [6.45, 7) is 4.83. The van der Waals surface area contributed by atoms with E-state index in [0.29, 0.717) is 6.42 Å². The molecule has 0 N–H and O–H groups in total. The maximum absolute atomic E-state index is 9.70. The van der Waals surface area contributed by atoms with E-state index < -0.39 is 5.60 Å². The molecular formula is C7H9O2. The van der Waals surface area contributed by atoms with Crippen molar-refractivity contribution >= 4 is 6.47 Å². The van der Waals surface area contributed by atoms with E-state index in [-0.39, 0.29) is 0 Å². The molecule has 0 spiro atoms. The molecule has 0 saturated heterocycles. The Morgan fingerprint density at radius 2 is 2.33 bits per heavy atom. The zero-order valence-electron chi connectivity index (χ0n) is 5.60. The largest absolute Gasteiger partial charge is 0.438 e. The predicted octanol–water partition coefficient (Wildman–Crippen LogP) is 0.872. The molecule has 0 aromatic carbocycles. The second-order valence-corrected chi connectivity index (χ2v) is 1.91. The summed E-state index contributed by atoms with van der Waals surface area (Å²) in [5.41, 5.74) is -0.762. The molecule has 0 aliphatic heterocycles. The van der Waals surface area contributed by atoms with Crippen molar-refractivity contribution in [2.24, 2.45) is 0 Å². The lowest BCUT2D eigenvalue weighted by molar-refractivity contribution is 0.124. The first-order chi connectivity index (χ1) is 4.18. The Labute approximate surface area is 55.2 Å². The first-order valence-corrected chi connectivity index (χ1v) is 2.71. The van der Waals surface area contributed by atoms with Crippen LogP contribution >= 0.6 is 0 Å². The summed E-state index contributed by atoms with van der Waals surface area (Å²) in [7, 11) is 0. The minimum absolute atomic E-state index is 0.610. The van der Waals surface area contributed by atoms with Gasteiger partial charge in [0.05, 0.1) is 0 Å². The predicted molar refractivity (Wildman–Crippen MR) is 34.3 cm³/mol. The molecule has 1 atom stereocenters. The zero-order valence-corrected chi connectivity index (χ0v) is 5.60. The molecule has 0 heterocycles. The minimum Gasteiger partial charge on any atom is -0.438 e. The van der Waals surface area contributed by atoms with Crippen LogP contribution in [0.25, 0.3) is 0 Å². The third-order valence-corrected chi connectivity index (χ3v) is 1.25. The van der Waals surface area contributed by atoms with Gasteiger partial charge in [-0.25, -0.2) is 4.79 Å². The van der Waals surface area contributed by atoms with E-state index in [1.165, 1.54) is 6.47 Å². The van der Waals surface area contributed by atoms with E-state index in [2.05, 4.69) is 10.7 Å². The van der Waals surface area contributed by atoms with Crippen molar-refractivity contribution in [3.05, 3.63) is 0 Å². The first kappa shape index (κ1) is 8.03. The van der Waals surface area contributed by atoms with Gasteiger partial charge in [-0.3, -0.25) is 0 Å². The Bertz CT molecular complexity index is 134. The van der Waals surface area contributed by atoms with Crippen LogP contribution in [0, 0.1) is 12.3 Å². The second kappa shape index (κ2) is 3.13. The second-order valence-electron chi connectivity index (χ2n) is 1.91. The van der Waals surface area contributed by atoms with Crippen LogP contribution in [-0.4, -0.2) is 12.1 Å². The third-order valence-electron chi connectivity index (χ3n) is 1.25. The number of hydrogen-bond acceptors (Lipinski definition) is 2. The topological polar surface area (TPSA) is 26.3 Å². The molecule has 1 unspecified atom stereocenters. The van der Waals surface area contributed by atoms with Crippen molar-refractivity contribution < 1.29 is 9.53 Å². The molecule has 2 heteroatoms. The van der Waals surface area contributed by atoms with E-state index >= 15 is 0 Å². The molecule has 0 aliphatic rings. The molecule has 0 aromatic heterocycles. The highest BCUT2D eigenvalue weighted by Crippen LogP contribution is 2.10. The molecule has 2 nitrogen and oxygen atoms in total. The van der Waals surface area contributed by atoms with Crippen LogP contribution < -0.4 is 0 Å². The average molecular weight is 125 g/mol. The molecule has 9 heavy (non-hydrogen) atoms. The molecule has 0 rings (SSSR count). The van der Waals surface area contributed by atoms with E-state index in [9.17, 15) is 4.79 Å². The lowest BCUT2D eigenvalue weighted by Gasteiger charge is -2.17. The van der Waals surface area contributed by atoms with Crippen LogP contribution in [0.5, 0.6) is 0 Å². The Kier molecular flexibility index (Phi) is 2.80. The van der Waals surface area contributed by atoms with Crippen LogP contribution in [0.3, 0.4) is 0 Å². The van der Waals surface area contributed by atoms with E-state index in [1.807, 2.05) is 6.92 Å². The number of hydrogen-bond donors (Lipinski definition) is 0. The third kappa shape index (κ3) is 2.18. The zero-order chi connectivity index (χ0) is 7.33. The van der Waals surface area contributed by atoms with Gasteiger partial charge in [0.1, 0.15) is 0 Å². The summed E-state index contributed by atoms with van der Waals surface area (Å²) < 4.78 is 4.49. The summed E-state index contributed by atoms with van der Waals surface area (Å²) in [5.74, 6) is 2.34. The molecule has 49 valence electrons. The van der Waals surface area contributed by atoms with Crippen molar-refractivity contribution in [1.82, 2.24) is 0 Å². The lowest BCUT2D eigenvalue weighted by atomic mass is 10.1. The molecule has 1 radical (unpaired) electrons. The van der Waals surface area contributed by atoms with Gasteiger partial charge < -0.3 is 4.74 Å². The van der Waals surface area contributed by atoms with E-state index in [0.717, 1.165) is 0 Å². The number of ether oxygens (including phenoxy) is 1. The summed E-state index contributed by atoms with van der Waals surface area (Å²) in [6, 6.07) is 0. The highest BCUT2D eigenvalue weighted by atomic mass is 16.5. The highest BCUT2D eigenvalue weighted by Gasteiger charge is 2.19. The van der Waals surface area contributed by atoms with Crippen LogP contribution in [-0.2, 0) is 9.53 Å². The highest BCUT2D eigenvalue weighted by molar-refractivity contribution is 5.40. The normalized spacial score (nSPS) is 15.2. The molecule has 0 bridgehead atoms. The summed E-state index contributed by atoms with van der Waals surface area (Å²) >= 11 is 0. The Hall–Kier alpha value is -0.970. The maximum atomic E-state index is 9.70. The Morgan fingerprint density at radius 1 is 1.78 bits per heavy atom. The van der Waals surface area contributed by atoms with Gasteiger partial charge in [-0.05, 0) is 13.3 Å². The van der Waals surface area contributed by atoms with Crippen LogP contribution in [0.2, 0.25) is 0 Å². The molecule has 0 saturated carbocycles. The smallest absolute Gasteiger partial charge is 0.419 e. The Balaban J connectivity index is 3.96. The SMILES string of the molecule is C#CC(C)(CC)O[C]=O. The maximum Gasteiger partial charge on any atom is 0.419 e. The van der Waals surface area contributed by atoms with Crippen molar-refractivity contribution in [3.8, 4) is 12.3 Å². The van der Waals surface area contributed by atoms with Crippen molar-refractivity contribution in [2.45, 2.75) is 25.9 Å². The van der Waals surface area contributed by atoms with E-state index in [4.69, 9.17) is 6.42 Å². The van der Waals surface area contributed by atoms with Gasteiger partial charge in [0.2, 0.25) is 0 Å². The van der Waals surface area contributed by atoms with Gasteiger partial charge >= 0.3 is 6.47 Å². The minimum atomic E-state index is -0.762. The Morgan fingerprint density at radius 3 is 2.44 bits per heavy atom. The van der Waals surface area contributed by atoms with E-state index in [1.54, 1.807) is 6.92 Å². The lowest BCUT2D eigenvalue weighted by Crippen LogP contribution is -2.24. The summed E-state index contributed by atoms with van der Waals surface area (Å²) in [4.78, 5) is 9.70. The fourth-order valence-corrected chi connectivity index (χ4v) is 0.296. The van der Waals surface area contributed by atoms with Crippen molar-refractivity contribution in [2.75, 3.05) is 0 Å². The van der Waals surface area contributed by atoms with Gasteiger partial charge in [0.15, 0.2) is 5.60 Å². The molecule has 0 fully saturated rings. The first-order valence-electron chi connectivity index (χ1n) is 2.71. The number of rotatable bonds is 3. The molecular weight excluding hydrogens is 116 g/mol. The average Bonchev–Trinajstić information content (AvgIpc) is 1.89. The van der Waals surface area contributed by atoms with Gasteiger partial charge in [0, 0.05) is 0 Å². The molecule has 0 aromatic rings. The van der Waals surface area contributed by atoms with Gasteiger partial charge in [-0.15, -0.1) is 6.42 Å². The molecule has 0 aliphatic carbocycles. The number of carbonyl (C=O) groups excluding carboxylic acids is 1. The van der Waals surface area contributed by atoms with Crippen molar-refractivity contribution in [1.29, 1.82) is 0 Å².